The van der Waals surface area contributed by atoms with E-state index in [0.29, 0.717) is 12.0 Å². The summed E-state index contributed by atoms with van der Waals surface area (Å²) in [5.41, 5.74) is 1.71. The maximum Gasteiger partial charge on any atom is 0.227 e. The molecule has 5 nitrogen and oxygen atoms in total. The van der Waals surface area contributed by atoms with E-state index >= 15 is 0 Å². The molecule has 0 amide bonds. The molecule has 0 radical (unpaired) electrons. The lowest BCUT2D eigenvalue weighted by atomic mass is 10.1. The van der Waals surface area contributed by atoms with Gasteiger partial charge >= 0.3 is 0 Å². The van der Waals surface area contributed by atoms with Gasteiger partial charge in [-0.3, -0.25) is 0 Å². The molecule has 1 aromatic heterocycles. The Labute approximate surface area is 148 Å². The second-order valence-corrected chi connectivity index (χ2v) is 6.87. The van der Waals surface area contributed by atoms with Gasteiger partial charge in [0.25, 0.3) is 0 Å². The van der Waals surface area contributed by atoms with Gasteiger partial charge in [0.05, 0.1) is 5.69 Å². The molecule has 1 aliphatic rings. The van der Waals surface area contributed by atoms with Crippen molar-refractivity contribution < 1.29 is 4.39 Å². The van der Waals surface area contributed by atoms with E-state index in [2.05, 4.69) is 35.9 Å². The van der Waals surface area contributed by atoms with Gasteiger partial charge in [-0.05, 0) is 45.0 Å². The lowest BCUT2D eigenvalue weighted by molar-refractivity contribution is 0.497. The van der Waals surface area contributed by atoms with Crippen LogP contribution in [0.25, 0.3) is 11.3 Å². The first-order chi connectivity index (χ1) is 12.0. The van der Waals surface area contributed by atoms with Crippen molar-refractivity contribution in [1.82, 2.24) is 15.3 Å². The van der Waals surface area contributed by atoms with Gasteiger partial charge < -0.3 is 15.1 Å². The van der Waals surface area contributed by atoms with Crippen LogP contribution in [0.5, 0.6) is 0 Å². The van der Waals surface area contributed by atoms with Gasteiger partial charge in [-0.25, -0.2) is 9.37 Å². The highest BCUT2D eigenvalue weighted by atomic mass is 19.1. The number of hydrogen-bond acceptors (Lipinski definition) is 5. The summed E-state index contributed by atoms with van der Waals surface area (Å²) in [5.74, 6) is 1.37. The molecule has 0 spiro atoms. The summed E-state index contributed by atoms with van der Waals surface area (Å²) in [6.45, 7) is 9.20. The van der Waals surface area contributed by atoms with Crippen LogP contribution < -0.4 is 15.1 Å². The Hall–Kier alpha value is -2.21. The minimum absolute atomic E-state index is 0.242. The third-order valence-corrected chi connectivity index (χ3v) is 4.73. The summed E-state index contributed by atoms with van der Waals surface area (Å²) >= 11 is 0. The van der Waals surface area contributed by atoms with Crippen LogP contribution in [0.15, 0.2) is 30.3 Å². The van der Waals surface area contributed by atoms with Gasteiger partial charge in [-0.2, -0.15) is 4.98 Å². The number of piperazine rings is 1. The highest BCUT2D eigenvalue weighted by Crippen LogP contribution is 2.27. The van der Waals surface area contributed by atoms with Crippen molar-refractivity contribution in [3.05, 3.63) is 36.1 Å². The third kappa shape index (κ3) is 3.90. The number of hydrogen-bond donors (Lipinski definition) is 1. The number of aromatic nitrogens is 2. The van der Waals surface area contributed by atoms with Crippen molar-refractivity contribution in [2.45, 2.75) is 32.9 Å². The van der Waals surface area contributed by atoms with Crippen molar-refractivity contribution in [2.24, 2.45) is 0 Å². The first kappa shape index (κ1) is 17.6. The molecule has 1 fully saturated rings. The molecule has 3 rings (SSSR count). The molecule has 1 atom stereocenters. The Balaban J connectivity index is 2.06. The number of rotatable bonds is 4. The average Bonchev–Trinajstić information content (AvgIpc) is 2.61. The summed E-state index contributed by atoms with van der Waals surface area (Å²) in [5, 5.41) is 3.41. The normalized spacial score (nSPS) is 17.8. The van der Waals surface area contributed by atoms with Crippen LogP contribution in [0, 0.1) is 5.82 Å². The van der Waals surface area contributed by atoms with Gasteiger partial charge in [0.15, 0.2) is 0 Å². The molecule has 1 aromatic carbocycles. The second kappa shape index (κ2) is 7.35. The summed E-state index contributed by atoms with van der Waals surface area (Å²) < 4.78 is 13.3. The maximum absolute atomic E-state index is 13.3. The van der Waals surface area contributed by atoms with Crippen LogP contribution in [0.1, 0.15) is 20.8 Å². The Morgan fingerprint density at radius 1 is 1.24 bits per heavy atom. The quantitative estimate of drug-likeness (QED) is 0.925. The predicted octanol–water partition coefficient (Wildman–Crippen LogP) is 2.93. The molecule has 2 heterocycles. The zero-order valence-electron chi connectivity index (χ0n) is 15.3. The van der Waals surface area contributed by atoms with Crippen molar-refractivity contribution in [3.63, 3.8) is 0 Å². The largest absolute Gasteiger partial charge is 0.351 e. The molecule has 134 valence electrons. The summed E-state index contributed by atoms with van der Waals surface area (Å²) in [6.07, 6.45) is 0. The Kier molecular flexibility index (Phi) is 5.18. The van der Waals surface area contributed by atoms with Crippen LogP contribution in [0.4, 0.5) is 16.2 Å². The molecule has 1 N–H and O–H groups in total. The van der Waals surface area contributed by atoms with Crippen molar-refractivity contribution in [2.75, 3.05) is 36.5 Å². The lowest BCUT2D eigenvalue weighted by Crippen LogP contribution is -2.50. The van der Waals surface area contributed by atoms with Gasteiger partial charge in [0.1, 0.15) is 11.6 Å². The van der Waals surface area contributed by atoms with E-state index < -0.39 is 0 Å². The molecule has 1 aliphatic heterocycles. The van der Waals surface area contributed by atoms with Crippen LogP contribution in [0.3, 0.4) is 0 Å². The third-order valence-electron chi connectivity index (χ3n) is 4.73. The van der Waals surface area contributed by atoms with Crippen LogP contribution in [-0.4, -0.2) is 48.7 Å². The van der Waals surface area contributed by atoms with Gasteiger partial charge in [0.2, 0.25) is 5.95 Å². The Morgan fingerprint density at radius 2 is 1.96 bits per heavy atom. The Bertz CT molecular complexity index is 716. The molecule has 6 heteroatoms. The van der Waals surface area contributed by atoms with Crippen molar-refractivity contribution in [3.8, 4) is 11.3 Å². The molecular weight excluding hydrogens is 317 g/mol. The molecule has 0 aliphatic carbocycles. The smallest absolute Gasteiger partial charge is 0.227 e. The minimum atomic E-state index is -0.242. The lowest BCUT2D eigenvalue weighted by Gasteiger charge is -2.35. The van der Waals surface area contributed by atoms with Gasteiger partial charge in [-0.15, -0.1) is 0 Å². The molecule has 2 aromatic rings. The average molecular weight is 343 g/mol. The van der Waals surface area contributed by atoms with E-state index in [9.17, 15) is 4.39 Å². The first-order valence-corrected chi connectivity index (χ1v) is 8.81. The van der Waals surface area contributed by atoms with E-state index in [1.807, 2.05) is 13.1 Å². The molecule has 1 saturated heterocycles. The molecule has 25 heavy (non-hydrogen) atoms. The van der Waals surface area contributed by atoms with E-state index in [1.165, 1.54) is 12.1 Å². The zero-order chi connectivity index (χ0) is 18.0. The monoisotopic (exact) mass is 343 g/mol. The number of benzene rings is 1. The van der Waals surface area contributed by atoms with Crippen LogP contribution in [-0.2, 0) is 0 Å². The van der Waals surface area contributed by atoms with Gasteiger partial charge in [-0.1, -0.05) is 0 Å². The zero-order valence-corrected chi connectivity index (χ0v) is 15.3. The number of nitrogens with zero attached hydrogens (tertiary/aromatic N) is 4. The Morgan fingerprint density at radius 3 is 2.60 bits per heavy atom. The second-order valence-electron chi connectivity index (χ2n) is 6.87. The summed E-state index contributed by atoms with van der Waals surface area (Å²) in [4.78, 5) is 13.9. The van der Waals surface area contributed by atoms with Crippen molar-refractivity contribution in [1.29, 1.82) is 0 Å². The molecular formula is C19H26FN5. The summed E-state index contributed by atoms with van der Waals surface area (Å²) in [6, 6.07) is 9.13. The predicted molar refractivity (Wildman–Crippen MR) is 101 cm³/mol. The topological polar surface area (TPSA) is 44.3 Å². The van der Waals surface area contributed by atoms with E-state index in [1.54, 1.807) is 12.1 Å². The van der Waals surface area contributed by atoms with Gasteiger partial charge in [0, 0.05) is 50.4 Å². The fourth-order valence-corrected chi connectivity index (χ4v) is 2.91. The number of nitrogens with one attached hydrogen (secondary N) is 1. The van der Waals surface area contributed by atoms with Crippen LogP contribution >= 0.6 is 0 Å². The highest BCUT2D eigenvalue weighted by molar-refractivity contribution is 5.65. The molecule has 0 unspecified atom stereocenters. The summed E-state index contributed by atoms with van der Waals surface area (Å²) in [7, 11) is 2.00. The molecule has 0 bridgehead atoms. The van der Waals surface area contributed by atoms with Crippen molar-refractivity contribution >= 4 is 11.8 Å². The number of halogens is 1. The number of anilines is 2. The van der Waals surface area contributed by atoms with E-state index in [4.69, 9.17) is 9.97 Å². The minimum Gasteiger partial charge on any atom is -0.351 e. The first-order valence-electron chi connectivity index (χ1n) is 8.81. The SMILES string of the molecule is CC(C)N(C)c1nc(-c2ccc(F)cc2)cc(N2CCNC[C@H]2C)n1. The van der Waals surface area contributed by atoms with Crippen LogP contribution in [0.2, 0.25) is 0 Å². The fourth-order valence-electron chi connectivity index (χ4n) is 2.91. The fraction of sp³-hybridized carbons (Fsp3) is 0.474. The van der Waals surface area contributed by atoms with E-state index in [0.717, 1.165) is 36.7 Å². The highest BCUT2D eigenvalue weighted by Gasteiger charge is 2.22. The molecule has 0 saturated carbocycles. The standard InChI is InChI=1S/C19H26FN5/c1-13(2)24(4)19-22-17(15-5-7-16(20)8-6-15)11-18(23-19)25-10-9-21-12-14(25)3/h5-8,11,13-14,21H,9-10,12H2,1-4H3/t14-/m1/s1. The maximum atomic E-state index is 13.3. The van der Waals surface area contributed by atoms with E-state index in [-0.39, 0.29) is 11.9 Å².